The number of aryl methyl sites for hydroxylation is 1. The molecule has 0 aromatic carbocycles. The first-order chi connectivity index (χ1) is 12.5. The van der Waals surface area contributed by atoms with E-state index in [9.17, 15) is 0 Å². The van der Waals surface area contributed by atoms with Crippen LogP contribution in [0.5, 0.6) is 0 Å². The van der Waals surface area contributed by atoms with Crippen LogP contribution in [0.4, 0.5) is 0 Å². The van der Waals surface area contributed by atoms with E-state index in [1.54, 1.807) is 6.33 Å². The van der Waals surface area contributed by atoms with Gasteiger partial charge in [-0.15, -0.1) is 10.2 Å². The van der Waals surface area contributed by atoms with Crippen molar-refractivity contribution in [3.63, 3.8) is 0 Å². The van der Waals surface area contributed by atoms with Crippen molar-refractivity contribution in [3.8, 4) is 0 Å². The second-order valence-electron chi connectivity index (χ2n) is 7.52. The monoisotopic (exact) mass is 364 g/mol. The molecule has 1 saturated carbocycles. The highest BCUT2D eigenvalue weighted by Gasteiger charge is 2.49. The number of nitrogens with zero attached hydrogens (tertiary/aromatic N) is 4. The van der Waals surface area contributed by atoms with E-state index in [0.29, 0.717) is 18.7 Å². The number of ether oxygens (including phenoxy) is 1. The lowest BCUT2D eigenvalue weighted by Crippen LogP contribution is -2.63. The van der Waals surface area contributed by atoms with Crippen molar-refractivity contribution in [1.82, 2.24) is 25.4 Å². The van der Waals surface area contributed by atoms with Crippen LogP contribution in [-0.4, -0.2) is 52.6 Å². The minimum absolute atomic E-state index is 0.119. The number of aromatic nitrogens is 3. The average Bonchev–Trinajstić information content (AvgIpc) is 3.07. The molecule has 2 unspecified atom stereocenters. The third kappa shape index (κ3) is 5.19. The summed E-state index contributed by atoms with van der Waals surface area (Å²) in [4.78, 5) is 4.73. The van der Waals surface area contributed by atoms with E-state index in [4.69, 9.17) is 9.73 Å². The van der Waals surface area contributed by atoms with Crippen molar-refractivity contribution < 1.29 is 4.74 Å². The molecule has 1 aliphatic carbocycles. The van der Waals surface area contributed by atoms with Gasteiger partial charge in [0.2, 0.25) is 0 Å². The van der Waals surface area contributed by atoms with E-state index in [-0.39, 0.29) is 5.41 Å². The second-order valence-corrected chi connectivity index (χ2v) is 7.52. The molecule has 7 heteroatoms. The molecule has 2 N–H and O–H groups in total. The molecule has 2 rings (SSSR count). The molecule has 0 aliphatic heterocycles. The van der Waals surface area contributed by atoms with Crippen LogP contribution < -0.4 is 10.6 Å². The van der Waals surface area contributed by atoms with Crippen molar-refractivity contribution in [3.05, 3.63) is 12.2 Å². The first-order valence-electron chi connectivity index (χ1n) is 10.1. The molecular weight excluding hydrogens is 328 g/mol. The third-order valence-corrected chi connectivity index (χ3v) is 5.27. The molecule has 1 aromatic heterocycles. The predicted octanol–water partition coefficient (Wildman–Crippen LogP) is 2.38. The minimum atomic E-state index is 0.119. The van der Waals surface area contributed by atoms with Gasteiger partial charge in [-0.2, -0.15) is 0 Å². The van der Waals surface area contributed by atoms with Crippen LogP contribution in [0.1, 0.15) is 59.7 Å². The Hall–Kier alpha value is -1.63. The number of rotatable bonds is 10. The van der Waals surface area contributed by atoms with Gasteiger partial charge in [-0.05, 0) is 19.8 Å². The number of aliphatic imine (C=N–C) groups is 1. The van der Waals surface area contributed by atoms with Gasteiger partial charge in [0.1, 0.15) is 12.2 Å². The van der Waals surface area contributed by atoms with Crippen molar-refractivity contribution in [2.75, 3.05) is 19.7 Å². The predicted molar refractivity (Wildman–Crippen MR) is 105 cm³/mol. The van der Waals surface area contributed by atoms with Crippen LogP contribution in [0.15, 0.2) is 11.3 Å². The lowest BCUT2D eigenvalue weighted by Gasteiger charge is -2.52. The Kier molecular flexibility index (Phi) is 7.87. The van der Waals surface area contributed by atoms with E-state index in [1.165, 1.54) is 6.42 Å². The number of hydrogen-bond donors (Lipinski definition) is 2. The lowest BCUT2D eigenvalue weighted by atomic mass is 9.64. The summed E-state index contributed by atoms with van der Waals surface area (Å²) in [7, 11) is 0. The highest BCUT2D eigenvalue weighted by Crippen LogP contribution is 2.42. The standard InChI is InChI=1S/C19H36N6O/c1-6-9-12-26-16-13-15(19(16,4)5)23-18(20-8-3)21-10-11-25-14-22-24-17(25)7-2/h14-16H,6-13H2,1-5H3,(H2,20,21,23). The molecule has 1 fully saturated rings. The van der Waals surface area contributed by atoms with Gasteiger partial charge in [0.25, 0.3) is 0 Å². The van der Waals surface area contributed by atoms with Crippen LogP contribution in [0.2, 0.25) is 0 Å². The first kappa shape index (κ1) is 20.7. The summed E-state index contributed by atoms with van der Waals surface area (Å²) in [6, 6.07) is 0.382. The molecule has 7 nitrogen and oxygen atoms in total. The zero-order valence-electron chi connectivity index (χ0n) is 17.1. The van der Waals surface area contributed by atoms with Crippen LogP contribution >= 0.6 is 0 Å². The van der Waals surface area contributed by atoms with Gasteiger partial charge < -0.3 is 19.9 Å². The summed E-state index contributed by atoms with van der Waals surface area (Å²) in [6.07, 6.45) is 6.35. The summed E-state index contributed by atoms with van der Waals surface area (Å²) in [5.74, 6) is 1.88. The average molecular weight is 365 g/mol. The Labute approximate surface area is 158 Å². The maximum Gasteiger partial charge on any atom is 0.191 e. The number of unbranched alkanes of at least 4 members (excludes halogenated alkanes) is 1. The lowest BCUT2D eigenvalue weighted by molar-refractivity contribution is -0.113. The molecule has 0 spiro atoms. The summed E-state index contributed by atoms with van der Waals surface area (Å²) in [6.45, 7) is 14.1. The normalized spacial score (nSPS) is 22.1. The molecule has 1 heterocycles. The van der Waals surface area contributed by atoms with E-state index in [2.05, 4.69) is 60.0 Å². The third-order valence-electron chi connectivity index (χ3n) is 5.27. The Morgan fingerprint density at radius 3 is 2.85 bits per heavy atom. The summed E-state index contributed by atoms with van der Waals surface area (Å²) in [5, 5.41) is 15.0. The van der Waals surface area contributed by atoms with Crippen molar-refractivity contribution in [1.29, 1.82) is 0 Å². The van der Waals surface area contributed by atoms with Crippen molar-refractivity contribution >= 4 is 5.96 Å². The van der Waals surface area contributed by atoms with E-state index in [1.807, 2.05) is 0 Å². The van der Waals surface area contributed by atoms with Crippen LogP contribution in [-0.2, 0) is 17.7 Å². The molecule has 26 heavy (non-hydrogen) atoms. The van der Waals surface area contributed by atoms with Gasteiger partial charge in [-0.1, -0.05) is 34.1 Å². The summed E-state index contributed by atoms with van der Waals surface area (Å²) in [5.41, 5.74) is 0.119. The topological polar surface area (TPSA) is 76.4 Å². The Morgan fingerprint density at radius 1 is 1.38 bits per heavy atom. The molecule has 0 radical (unpaired) electrons. The minimum Gasteiger partial charge on any atom is -0.378 e. The zero-order chi connectivity index (χ0) is 19.0. The molecule has 0 bridgehead atoms. The van der Waals surface area contributed by atoms with Gasteiger partial charge in [0.05, 0.1) is 12.6 Å². The molecule has 148 valence electrons. The van der Waals surface area contributed by atoms with Gasteiger partial charge in [-0.3, -0.25) is 4.99 Å². The van der Waals surface area contributed by atoms with Crippen LogP contribution in [0, 0.1) is 5.41 Å². The van der Waals surface area contributed by atoms with E-state index < -0.39 is 0 Å². The fourth-order valence-corrected chi connectivity index (χ4v) is 3.28. The summed E-state index contributed by atoms with van der Waals surface area (Å²) >= 11 is 0. The smallest absolute Gasteiger partial charge is 0.191 e. The summed E-state index contributed by atoms with van der Waals surface area (Å²) < 4.78 is 8.11. The Morgan fingerprint density at radius 2 is 2.19 bits per heavy atom. The van der Waals surface area contributed by atoms with Crippen molar-refractivity contribution in [2.24, 2.45) is 10.4 Å². The number of hydrogen-bond acceptors (Lipinski definition) is 4. The molecule has 0 saturated heterocycles. The fraction of sp³-hybridized carbons (Fsp3) is 0.842. The van der Waals surface area contributed by atoms with Crippen LogP contribution in [0.25, 0.3) is 0 Å². The molecule has 1 aliphatic rings. The molecule has 1 aromatic rings. The number of guanidine groups is 1. The maximum absolute atomic E-state index is 6.04. The fourth-order valence-electron chi connectivity index (χ4n) is 3.28. The first-order valence-corrected chi connectivity index (χ1v) is 10.1. The highest BCUT2D eigenvalue weighted by molar-refractivity contribution is 5.80. The largest absolute Gasteiger partial charge is 0.378 e. The quantitative estimate of drug-likeness (QED) is 0.379. The van der Waals surface area contributed by atoms with Gasteiger partial charge in [0, 0.05) is 37.6 Å². The molecular formula is C19H36N6O. The highest BCUT2D eigenvalue weighted by atomic mass is 16.5. The Balaban J connectivity index is 1.85. The maximum atomic E-state index is 6.04. The zero-order valence-corrected chi connectivity index (χ0v) is 17.1. The van der Waals surface area contributed by atoms with Crippen LogP contribution in [0.3, 0.4) is 0 Å². The van der Waals surface area contributed by atoms with Crippen molar-refractivity contribution in [2.45, 2.75) is 79.0 Å². The molecule has 0 amide bonds. The SMILES string of the molecule is CCCCOC1CC(NC(=NCCn2cnnc2CC)NCC)C1(C)C. The Bertz CT molecular complexity index is 568. The second kappa shape index (κ2) is 9.90. The van der Waals surface area contributed by atoms with Gasteiger partial charge in [-0.25, -0.2) is 0 Å². The number of nitrogens with one attached hydrogen (secondary N) is 2. The van der Waals surface area contributed by atoms with Gasteiger partial charge in [0.15, 0.2) is 5.96 Å². The van der Waals surface area contributed by atoms with E-state index >= 15 is 0 Å². The van der Waals surface area contributed by atoms with E-state index in [0.717, 1.165) is 50.7 Å². The molecule has 2 atom stereocenters. The van der Waals surface area contributed by atoms with Gasteiger partial charge >= 0.3 is 0 Å².